The summed E-state index contributed by atoms with van der Waals surface area (Å²) in [7, 11) is 0. The lowest BCUT2D eigenvalue weighted by atomic mass is 9.96. The quantitative estimate of drug-likeness (QED) is 0.378. The van der Waals surface area contributed by atoms with Gasteiger partial charge in [-0.15, -0.1) is 0 Å². The lowest BCUT2D eigenvalue weighted by molar-refractivity contribution is -0.136. The van der Waals surface area contributed by atoms with Gasteiger partial charge >= 0.3 is 0 Å². The Labute approximate surface area is 241 Å². The van der Waals surface area contributed by atoms with E-state index in [0.717, 1.165) is 62.3 Å². The summed E-state index contributed by atoms with van der Waals surface area (Å²) in [5, 5.41) is 2.17. The van der Waals surface area contributed by atoms with Crippen LogP contribution in [-0.4, -0.2) is 96.7 Å². The van der Waals surface area contributed by atoms with E-state index in [2.05, 4.69) is 20.1 Å². The molecule has 0 spiro atoms. The Morgan fingerprint density at radius 3 is 2.29 bits per heavy atom. The van der Waals surface area contributed by atoms with Crippen molar-refractivity contribution >= 4 is 41.6 Å². The zero-order chi connectivity index (χ0) is 29.4. The molecule has 12 nitrogen and oxygen atoms in total. The monoisotopic (exact) mass is 578 g/mol. The van der Waals surface area contributed by atoms with Crippen molar-refractivity contribution in [2.24, 2.45) is 5.92 Å². The number of carbonyl (C=O) groups excluding carboxylic acids is 5. The molecule has 3 fully saturated rings. The van der Waals surface area contributed by atoms with Gasteiger partial charge in [-0.05, 0) is 49.4 Å². The number of piperidine rings is 2. The average molecular weight is 579 g/mol. The number of benzene rings is 1. The molecule has 0 saturated carbocycles. The molecule has 0 radical (unpaired) electrons. The van der Waals surface area contributed by atoms with Gasteiger partial charge in [0.15, 0.2) is 0 Å². The summed E-state index contributed by atoms with van der Waals surface area (Å²) >= 11 is 0. The van der Waals surface area contributed by atoms with Crippen LogP contribution in [0.5, 0.6) is 5.75 Å². The summed E-state index contributed by atoms with van der Waals surface area (Å²) in [6.07, 6.45) is 3.66. The average Bonchev–Trinajstić information content (AvgIpc) is 3.22. The number of hydrogen-bond donors (Lipinski definition) is 1. The number of hydrogen-bond acceptors (Lipinski definition) is 10. The van der Waals surface area contributed by atoms with Crippen molar-refractivity contribution in [2.75, 3.05) is 55.6 Å². The highest BCUT2D eigenvalue weighted by molar-refractivity contribution is 6.23. The first kappa shape index (κ1) is 27.8. The van der Waals surface area contributed by atoms with Crippen LogP contribution in [0.4, 0.5) is 15.9 Å². The minimum atomic E-state index is -1.09. The van der Waals surface area contributed by atoms with Gasteiger partial charge in [0.05, 0.1) is 23.0 Å². The molecule has 2 aromatic rings. The number of pyridine rings is 1. The summed E-state index contributed by atoms with van der Waals surface area (Å²) in [6.45, 7) is 5.73. The number of nitrogens with zero attached hydrogens (tertiary/aromatic N) is 5. The number of halogens is 1. The van der Waals surface area contributed by atoms with Crippen molar-refractivity contribution in [1.82, 2.24) is 20.1 Å². The van der Waals surface area contributed by atoms with E-state index in [4.69, 9.17) is 4.74 Å². The van der Waals surface area contributed by atoms with Gasteiger partial charge in [-0.3, -0.25) is 39.1 Å². The summed E-state index contributed by atoms with van der Waals surface area (Å²) in [5.41, 5.74) is 0.289. The molecule has 5 heterocycles. The van der Waals surface area contributed by atoms with Gasteiger partial charge in [-0.1, -0.05) is 0 Å². The van der Waals surface area contributed by atoms with Crippen LogP contribution in [0, 0.1) is 11.7 Å². The van der Waals surface area contributed by atoms with Gasteiger partial charge in [-0.2, -0.15) is 0 Å². The second-order valence-electron chi connectivity index (χ2n) is 11.1. The normalized spacial score (nSPS) is 21.9. The first-order valence-corrected chi connectivity index (χ1v) is 14.2. The topological polar surface area (TPSA) is 132 Å². The van der Waals surface area contributed by atoms with Crippen molar-refractivity contribution in [3.8, 4) is 5.75 Å². The highest BCUT2D eigenvalue weighted by atomic mass is 19.1. The molecule has 0 aliphatic carbocycles. The zero-order valence-electron chi connectivity index (χ0n) is 23.0. The van der Waals surface area contributed by atoms with Crippen molar-refractivity contribution in [1.29, 1.82) is 0 Å². The minimum absolute atomic E-state index is 0.0249. The number of anilines is 2. The van der Waals surface area contributed by atoms with E-state index in [0.29, 0.717) is 31.2 Å². The lowest BCUT2D eigenvalue weighted by Crippen LogP contribution is -2.54. The molecule has 220 valence electrons. The fourth-order valence-electron chi connectivity index (χ4n) is 6.29. The third kappa shape index (κ3) is 5.31. The van der Waals surface area contributed by atoms with Gasteiger partial charge in [-0.25, -0.2) is 9.37 Å². The van der Waals surface area contributed by atoms with Crippen LogP contribution in [0.25, 0.3) is 0 Å². The Morgan fingerprint density at radius 2 is 1.64 bits per heavy atom. The number of piperazine rings is 1. The summed E-state index contributed by atoms with van der Waals surface area (Å²) in [5.74, 6) is -1.28. The van der Waals surface area contributed by atoms with Crippen LogP contribution in [0.1, 0.15) is 46.4 Å². The molecule has 1 N–H and O–H groups in total. The number of carbonyl (C=O) groups is 5. The Balaban J connectivity index is 1.03. The first-order valence-electron chi connectivity index (χ1n) is 14.2. The van der Waals surface area contributed by atoms with E-state index in [-0.39, 0.29) is 29.7 Å². The molecule has 1 atom stereocenters. The number of aromatic nitrogens is 1. The third-order valence-corrected chi connectivity index (χ3v) is 8.58. The van der Waals surface area contributed by atoms with Gasteiger partial charge < -0.3 is 14.5 Å². The standard InChI is InChI=1S/C29H31FN6O6/c30-22-13-20-21(29(41)36(28(20)40)23-2-4-26(38)32-27(23)39)14-24(22)34-11-9-33(10-12-34)16-18-5-7-35(8-6-18)25-3-1-19(15-31-25)42-17-37/h1,3,13-15,17-18,23H,2,4-12,16H2,(H,32,38,39). The molecule has 42 heavy (non-hydrogen) atoms. The molecule has 0 bridgehead atoms. The van der Waals surface area contributed by atoms with Gasteiger partial charge in [0.1, 0.15) is 23.4 Å². The van der Waals surface area contributed by atoms with Gasteiger partial charge in [0.2, 0.25) is 11.8 Å². The van der Waals surface area contributed by atoms with E-state index in [1.165, 1.54) is 6.07 Å². The fourth-order valence-corrected chi connectivity index (χ4v) is 6.29. The minimum Gasteiger partial charge on any atom is -0.427 e. The Hall–Kier alpha value is -4.39. The molecule has 4 amide bonds. The second kappa shape index (κ2) is 11.5. The van der Waals surface area contributed by atoms with E-state index in [1.807, 2.05) is 11.0 Å². The van der Waals surface area contributed by atoms with Crippen LogP contribution in [0.3, 0.4) is 0 Å². The number of fused-ring (bicyclic) bond motifs is 1. The maximum absolute atomic E-state index is 15.2. The van der Waals surface area contributed by atoms with Crippen molar-refractivity contribution in [3.63, 3.8) is 0 Å². The molecule has 1 unspecified atom stereocenters. The summed E-state index contributed by atoms with van der Waals surface area (Å²) in [6, 6.07) is 5.01. The molecule has 1 aromatic heterocycles. The Kier molecular flexibility index (Phi) is 7.58. The number of imide groups is 2. The molecular weight excluding hydrogens is 547 g/mol. The van der Waals surface area contributed by atoms with E-state index < -0.39 is 35.5 Å². The molecule has 4 aliphatic rings. The predicted octanol–water partition coefficient (Wildman–Crippen LogP) is 1.20. The third-order valence-electron chi connectivity index (χ3n) is 8.58. The SMILES string of the molecule is O=COc1ccc(N2CCC(CN3CCN(c4cc5c(cc4F)C(=O)N(C4CCC(=O)NC4=O)C5=O)CC3)CC2)nc1. The van der Waals surface area contributed by atoms with Crippen molar-refractivity contribution < 1.29 is 33.1 Å². The Morgan fingerprint density at radius 1 is 0.929 bits per heavy atom. The molecule has 4 aliphatic heterocycles. The number of rotatable bonds is 7. The molecular formula is C29H31FN6O6. The fraction of sp³-hybridized carbons (Fsp3) is 0.448. The van der Waals surface area contributed by atoms with Crippen LogP contribution in [0.2, 0.25) is 0 Å². The second-order valence-corrected chi connectivity index (χ2v) is 11.1. The van der Waals surface area contributed by atoms with Crippen LogP contribution in [0.15, 0.2) is 30.5 Å². The molecule has 3 saturated heterocycles. The highest BCUT2D eigenvalue weighted by Crippen LogP contribution is 2.33. The maximum Gasteiger partial charge on any atom is 0.298 e. The predicted molar refractivity (Wildman–Crippen MR) is 148 cm³/mol. The number of nitrogens with one attached hydrogen (secondary N) is 1. The molecule has 1 aromatic carbocycles. The van der Waals surface area contributed by atoms with Gasteiger partial charge in [0, 0.05) is 52.2 Å². The van der Waals surface area contributed by atoms with Crippen molar-refractivity contribution in [2.45, 2.75) is 31.7 Å². The van der Waals surface area contributed by atoms with Crippen LogP contribution in [-0.2, 0) is 14.4 Å². The largest absolute Gasteiger partial charge is 0.427 e. The van der Waals surface area contributed by atoms with Crippen LogP contribution < -0.4 is 19.9 Å². The number of ether oxygens (including phenoxy) is 1. The zero-order valence-corrected chi connectivity index (χ0v) is 23.0. The van der Waals surface area contributed by atoms with E-state index >= 15 is 4.39 Å². The summed E-state index contributed by atoms with van der Waals surface area (Å²) < 4.78 is 20.1. The summed E-state index contributed by atoms with van der Waals surface area (Å²) in [4.78, 5) is 72.2. The smallest absolute Gasteiger partial charge is 0.298 e. The molecule has 6 rings (SSSR count). The van der Waals surface area contributed by atoms with Gasteiger partial charge in [0.25, 0.3) is 18.3 Å². The number of amides is 4. The molecule has 13 heteroatoms. The maximum atomic E-state index is 15.2. The van der Waals surface area contributed by atoms with E-state index in [1.54, 1.807) is 12.3 Å². The Bertz CT molecular complexity index is 1420. The lowest BCUT2D eigenvalue weighted by Gasteiger charge is -2.40. The first-order chi connectivity index (χ1) is 20.3. The van der Waals surface area contributed by atoms with Crippen molar-refractivity contribution in [3.05, 3.63) is 47.4 Å². The van der Waals surface area contributed by atoms with Crippen LogP contribution >= 0.6 is 0 Å². The highest BCUT2D eigenvalue weighted by Gasteiger charge is 2.45. The van der Waals surface area contributed by atoms with E-state index in [9.17, 15) is 24.0 Å².